The van der Waals surface area contributed by atoms with Crippen molar-refractivity contribution in [1.82, 2.24) is 4.98 Å². The highest BCUT2D eigenvalue weighted by molar-refractivity contribution is 5.74. The van der Waals surface area contributed by atoms with E-state index in [-0.39, 0.29) is 12.5 Å². The molecule has 1 rings (SSSR count). The van der Waals surface area contributed by atoms with E-state index in [0.29, 0.717) is 11.6 Å². The summed E-state index contributed by atoms with van der Waals surface area (Å²) in [6.45, 7) is 0.0809. The lowest BCUT2D eigenvalue weighted by Gasteiger charge is -2.05. The van der Waals surface area contributed by atoms with Crippen LogP contribution in [0.25, 0.3) is 0 Å². The minimum atomic E-state index is -0.349. The molecular formula is C8H12N4O2. The first-order valence-electron chi connectivity index (χ1n) is 4.00. The predicted octanol–water partition coefficient (Wildman–Crippen LogP) is -0.0479. The van der Waals surface area contributed by atoms with Crippen LogP contribution in [-0.2, 0) is 9.53 Å². The molecule has 0 aliphatic rings. The van der Waals surface area contributed by atoms with Crippen molar-refractivity contribution in [2.24, 2.45) is 5.84 Å². The Bertz CT molecular complexity index is 316. The third-order valence-corrected chi connectivity index (χ3v) is 1.54. The number of pyridine rings is 1. The third-order valence-electron chi connectivity index (χ3n) is 1.54. The third kappa shape index (κ3) is 2.91. The number of hydrazine groups is 1. The Balaban J connectivity index is 2.54. The number of carbonyl (C=O) groups excluding carboxylic acids is 1. The molecule has 4 N–H and O–H groups in total. The van der Waals surface area contributed by atoms with E-state index in [1.165, 1.54) is 7.11 Å². The minimum absolute atomic E-state index is 0.0809. The maximum Gasteiger partial charge on any atom is 0.325 e. The minimum Gasteiger partial charge on any atom is -0.468 e. The Labute approximate surface area is 81.4 Å². The van der Waals surface area contributed by atoms with Crippen LogP contribution in [-0.4, -0.2) is 24.6 Å². The van der Waals surface area contributed by atoms with Gasteiger partial charge in [-0.2, -0.15) is 0 Å². The predicted molar refractivity (Wildman–Crippen MR) is 52.6 cm³/mol. The number of hydrogen-bond acceptors (Lipinski definition) is 6. The van der Waals surface area contributed by atoms with E-state index in [9.17, 15) is 4.79 Å². The van der Waals surface area contributed by atoms with E-state index in [0.717, 1.165) is 0 Å². The quantitative estimate of drug-likeness (QED) is 0.355. The van der Waals surface area contributed by atoms with Crippen LogP contribution in [0.1, 0.15) is 0 Å². The highest BCUT2D eigenvalue weighted by Gasteiger charge is 2.00. The van der Waals surface area contributed by atoms with Crippen LogP contribution < -0.4 is 16.6 Å². The van der Waals surface area contributed by atoms with Gasteiger partial charge in [0.1, 0.15) is 18.2 Å². The largest absolute Gasteiger partial charge is 0.468 e. The van der Waals surface area contributed by atoms with Gasteiger partial charge in [0.05, 0.1) is 7.11 Å². The number of carbonyl (C=O) groups is 1. The van der Waals surface area contributed by atoms with Crippen LogP contribution in [0.4, 0.5) is 11.6 Å². The van der Waals surface area contributed by atoms with Gasteiger partial charge < -0.3 is 15.5 Å². The van der Waals surface area contributed by atoms with E-state index >= 15 is 0 Å². The number of nitrogen functional groups attached to an aromatic ring is 1. The number of aromatic nitrogens is 1. The summed E-state index contributed by atoms with van der Waals surface area (Å²) in [5.74, 6) is 5.91. The number of rotatable bonds is 4. The Morgan fingerprint density at radius 3 is 2.93 bits per heavy atom. The molecule has 76 valence electrons. The van der Waals surface area contributed by atoms with Gasteiger partial charge in [-0.1, -0.05) is 6.07 Å². The van der Waals surface area contributed by atoms with Gasteiger partial charge in [0.2, 0.25) is 0 Å². The Kier molecular flexibility index (Phi) is 3.69. The highest BCUT2D eigenvalue weighted by atomic mass is 16.5. The molecule has 0 amide bonds. The molecule has 0 spiro atoms. The number of nitrogens with zero attached hydrogens (tertiary/aromatic N) is 1. The molecule has 0 bridgehead atoms. The molecule has 0 fully saturated rings. The number of hydrogen-bond donors (Lipinski definition) is 3. The van der Waals surface area contributed by atoms with Gasteiger partial charge in [0.15, 0.2) is 0 Å². The van der Waals surface area contributed by atoms with Crippen LogP contribution in [0.5, 0.6) is 0 Å². The number of esters is 1. The second-order valence-corrected chi connectivity index (χ2v) is 2.48. The van der Waals surface area contributed by atoms with Crippen molar-refractivity contribution in [1.29, 1.82) is 0 Å². The fourth-order valence-electron chi connectivity index (χ4n) is 0.848. The molecule has 6 nitrogen and oxygen atoms in total. The van der Waals surface area contributed by atoms with Crippen molar-refractivity contribution < 1.29 is 9.53 Å². The summed E-state index contributed by atoms with van der Waals surface area (Å²) in [5.41, 5.74) is 2.40. The average Bonchev–Trinajstić information content (AvgIpc) is 2.26. The SMILES string of the molecule is COC(=O)CNc1cccc(NN)n1. The zero-order valence-electron chi connectivity index (χ0n) is 7.78. The molecule has 0 aromatic carbocycles. The molecule has 1 aromatic heterocycles. The van der Waals surface area contributed by atoms with Crippen LogP contribution in [0.3, 0.4) is 0 Å². The number of ether oxygens (including phenoxy) is 1. The van der Waals surface area contributed by atoms with Crippen LogP contribution in [0.15, 0.2) is 18.2 Å². The zero-order valence-corrected chi connectivity index (χ0v) is 7.78. The average molecular weight is 196 g/mol. The van der Waals surface area contributed by atoms with Gasteiger partial charge in [-0.15, -0.1) is 0 Å². The van der Waals surface area contributed by atoms with E-state index in [1.807, 2.05) is 0 Å². The lowest BCUT2D eigenvalue weighted by molar-refractivity contribution is -0.138. The standard InChI is InChI=1S/C8H12N4O2/c1-14-8(13)5-10-6-3-2-4-7(11-6)12-9/h2-4H,5,9H2,1H3,(H2,10,11,12). The summed E-state index contributed by atoms with van der Waals surface area (Å²) in [6.07, 6.45) is 0. The van der Waals surface area contributed by atoms with E-state index in [2.05, 4.69) is 20.5 Å². The second-order valence-electron chi connectivity index (χ2n) is 2.48. The number of methoxy groups -OCH3 is 1. The van der Waals surface area contributed by atoms with Crippen molar-refractivity contribution in [3.63, 3.8) is 0 Å². The zero-order chi connectivity index (χ0) is 10.4. The van der Waals surface area contributed by atoms with Gasteiger partial charge in [-0.05, 0) is 12.1 Å². The molecule has 0 atom stereocenters. The maximum atomic E-state index is 10.8. The first-order valence-corrected chi connectivity index (χ1v) is 4.00. The maximum absolute atomic E-state index is 10.8. The summed E-state index contributed by atoms with van der Waals surface area (Å²) < 4.78 is 4.46. The summed E-state index contributed by atoms with van der Waals surface area (Å²) in [6, 6.07) is 5.20. The molecule has 0 saturated heterocycles. The summed E-state index contributed by atoms with van der Waals surface area (Å²) in [7, 11) is 1.33. The summed E-state index contributed by atoms with van der Waals surface area (Å²) in [4.78, 5) is 14.8. The van der Waals surface area contributed by atoms with Gasteiger partial charge in [0, 0.05) is 0 Å². The van der Waals surface area contributed by atoms with Gasteiger partial charge >= 0.3 is 5.97 Å². The molecule has 0 aliphatic carbocycles. The molecule has 0 saturated carbocycles. The molecule has 0 aliphatic heterocycles. The van der Waals surface area contributed by atoms with Crippen molar-refractivity contribution >= 4 is 17.6 Å². The van der Waals surface area contributed by atoms with Gasteiger partial charge in [0.25, 0.3) is 0 Å². The molecule has 1 heterocycles. The van der Waals surface area contributed by atoms with E-state index < -0.39 is 0 Å². The van der Waals surface area contributed by atoms with Crippen molar-refractivity contribution in [3.8, 4) is 0 Å². The highest BCUT2D eigenvalue weighted by Crippen LogP contribution is 2.06. The van der Waals surface area contributed by atoms with Gasteiger partial charge in [-0.25, -0.2) is 10.8 Å². The number of nitrogens with one attached hydrogen (secondary N) is 2. The van der Waals surface area contributed by atoms with Crippen LogP contribution in [0, 0.1) is 0 Å². The van der Waals surface area contributed by atoms with E-state index in [4.69, 9.17) is 5.84 Å². The Hall–Kier alpha value is -1.82. The normalized spacial score (nSPS) is 9.29. The molecule has 0 unspecified atom stereocenters. The topological polar surface area (TPSA) is 89.3 Å². The van der Waals surface area contributed by atoms with Crippen molar-refractivity contribution in [3.05, 3.63) is 18.2 Å². The first kappa shape index (κ1) is 10.3. The molecule has 14 heavy (non-hydrogen) atoms. The summed E-state index contributed by atoms with van der Waals surface area (Å²) >= 11 is 0. The fraction of sp³-hybridized carbons (Fsp3) is 0.250. The monoisotopic (exact) mass is 196 g/mol. The first-order chi connectivity index (χ1) is 6.76. The van der Waals surface area contributed by atoms with Crippen molar-refractivity contribution in [2.75, 3.05) is 24.4 Å². The number of nitrogens with two attached hydrogens (primary N) is 1. The van der Waals surface area contributed by atoms with E-state index in [1.54, 1.807) is 18.2 Å². The summed E-state index contributed by atoms with van der Waals surface area (Å²) in [5, 5.41) is 2.79. The lowest BCUT2D eigenvalue weighted by Crippen LogP contribution is -2.16. The Morgan fingerprint density at radius 2 is 2.29 bits per heavy atom. The second kappa shape index (κ2) is 5.03. The number of anilines is 2. The fourth-order valence-corrected chi connectivity index (χ4v) is 0.848. The molecule has 6 heteroatoms. The van der Waals surface area contributed by atoms with Gasteiger partial charge in [-0.3, -0.25) is 4.79 Å². The van der Waals surface area contributed by atoms with Crippen LogP contribution in [0.2, 0.25) is 0 Å². The smallest absolute Gasteiger partial charge is 0.325 e. The van der Waals surface area contributed by atoms with Crippen LogP contribution >= 0.6 is 0 Å². The van der Waals surface area contributed by atoms with Crippen molar-refractivity contribution in [2.45, 2.75) is 0 Å². The molecular weight excluding hydrogens is 184 g/mol. The molecule has 1 aromatic rings. The Morgan fingerprint density at radius 1 is 1.57 bits per heavy atom. The molecule has 0 radical (unpaired) electrons. The lowest BCUT2D eigenvalue weighted by atomic mass is 10.4.